The standard InChI is InChI=1S/C16H18BrFN2O2/c1-21-16(4-6-22-7-5-16)10-19-15-3-2-11-8-12(17)13(18)9-14(11)20-15/h2-3,8-9H,4-7,10H2,1H3,(H,19,20). The number of ether oxygens (including phenoxy) is 2. The molecule has 0 bridgehead atoms. The first-order valence-corrected chi connectivity index (χ1v) is 8.04. The number of halogens is 2. The number of nitrogens with one attached hydrogen (secondary N) is 1. The molecular formula is C16H18BrFN2O2. The number of anilines is 1. The summed E-state index contributed by atoms with van der Waals surface area (Å²) in [5.41, 5.74) is 0.406. The molecule has 22 heavy (non-hydrogen) atoms. The van der Waals surface area contributed by atoms with Gasteiger partial charge in [-0.25, -0.2) is 9.37 Å². The van der Waals surface area contributed by atoms with Gasteiger partial charge in [-0.1, -0.05) is 0 Å². The molecule has 1 N–H and O–H groups in total. The van der Waals surface area contributed by atoms with E-state index < -0.39 is 0 Å². The summed E-state index contributed by atoms with van der Waals surface area (Å²) in [7, 11) is 1.73. The number of rotatable bonds is 4. The highest BCUT2D eigenvalue weighted by Gasteiger charge is 2.32. The molecular weight excluding hydrogens is 351 g/mol. The lowest BCUT2D eigenvalue weighted by atomic mass is 9.94. The maximum Gasteiger partial charge on any atom is 0.139 e. The Bertz CT molecular complexity index is 674. The van der Waals surface area contributed by atoms with Gasteiger partial charge in [0.1, 0.15) is 11.6 Å². The van der Waals surface area contributed by atoms with Crippen molar-refractivity contribution in [2.45, 2.75) is 18.4 Å². The lowest BCUT2D eigenvalue weighted by Gasteiger charge is -2.36. The van der Waals surface area contributed by atoms with E-state index in [0.29, 0.717) is 29.7 Å². The minimum Gasteiger partial charge on any atom is -0.381 e. The van der Waals surface area contributed by atoms with Crippen molar-refractivity contribution in [2.75, 3.05) is 32.2 Å². The van der Waals surface area contributed by atoms with Gasteiger partial charge in [0, 0.05) is 51.2 Å². The zero-order valence-corrected chi connectivity index (χ0v) is 14.0. The van der Waals surface area contributed by atoms with E-state index in [-0.39, 0.29) is 11.4 Å². The summed E-state index contributed by atoms with van der Waals surface area (Å²) in [4.78, 5) is 4.47. The van der Waals surface area contributed by atoms with Crippen molar-refractivity contribution in [1.29, 1.82) is 0 Å². The summed E-state index contributed by atoms with van der Waals surface area (Å²) in [6.45, 7) is 2.07. The molecule has 6 heteroatoms. The van der Waals surface area contributed by atoms with E-state index in [1.165, 1.54) is 6.07 Å². The van der Waals surface area contributed by atoms with E-state index in [2.05, 4.69) is 26.2 Å². The Kier molecular flexibility index (Phi) is 4.61. The third-order valence-electron chi connectivity index (χ3n) is 4.16. The first-order valence-electron chi connectivity index (χ1n) is 7.24. The summed E-state index contributed by atoms with van der Waals surface area (Å²) >= 11 is 3.19. The van der Waals surface area contributed by atoms with Gasteiger partial charge in [-0.15, -0.1) is 0 Å². The number of methoxy groups -OCH3 is 1. The van der Waals surface area contributed by atoms with E-state index in [1.807, 2.05) is 12.1 Å². The molecule has 2 aromatic rings. The van der Waals surface area contributed by atoms with Crippen molar-refractivity contribution in [2.24, 2.45) is 0 Å². The van der Waals surface area contributed by atoms with Gasteiger partial charge >= 0.3 is 0 Å². The van der Waals surface area contributed by atoms with Crippen molar-refractivity contribution in [1.82, 2.24) is 4.98 Å². The van der Waals surface area contributed by atoms with Crippen LogP contribution in [0, 0.1) is 5.82 Å². The van der Waals surface area contributed by atoms with Gasteiger partial charge in [-0.3, -0.25) is 0 Å². The van der Waals surface area contributed by atoms with Crippen LogP contribution in [0.2, 0.25) is 0 Å². The number of hydrogen-bond donors (Lipinski definition) is 1. The van der Waals surface area contributed by atoms with Gasteiger partial charge in [0.05, 0.1) is 15.6 Å². The molecule has 4 nitrogen and oxygen atoms in total. The van der Waals surface area contributed by atoms with E-state index in [0.717, 1.165) is 24.0 Å². The number of fused-ring (bicyclic) bond motifs is 1. The van der Waals surface area contributed by atoms with Crippen LogP contribution < -0.4 is 5.32 Å². The fourth-order valence-electron chi connectivity index (χ4n) is 2.66. The zero-order valence-electron chi connectivity index (χ0n) is 12.4. The maximum atomic E-state index is 13.6. The highest BCUT2D eigenvalue weighted by Crippen LogP contribution is 2.26. The molecule has 2 heterocycles. The quantitative estimate of drug-likeness (QED) is 0.892. The Hall–Kier alpha value is -1.24. The van der Waals surface area contributed by atoms with Gasteiger partial charge in [0.25, 0.3) is 0 Å². The first-order chi connectivity index (χ1) is 10.6. The Morgan fingerprint density at radius 3 is 2.86 bits per heavy atom. The third-order valence-corrected chi connectivity index (χ3v) is 4.77. The van der Waals surface area contributed by atoms with Gasteiger partial charge < -0.3 is 14.8 Å². The predicted molar refractivity (Wildman–Crippen MR) is 87.7 cm³/mol. The predicted octanol–water partition coefficient (Wildman–Crippen LogP) is 3.74. The SMILES string of the molecule is COC1(CNc2ccc3cc(Br)c(F)cc3n2)CCOCC1. The molecule has 1 saturated heterocycles. The summed E-state index contributed by atoms with van der Waals surface area (Å²) in [6.07, 6.45) is 1.71. The van der Waals surface area contributed by atoms with Crippen LogP contribution in [0.15, 0.2) is 28.7 Å². The first kappa shape index (κ1) is 15.6. The van der Waals surface area contributed by atoms with Crippen molar-refractivity contribution in [3.63, 3.8) is 0 Å². The van der Waals surface area contributed by atoms with Crippen LogP contribution in [-0.4, -0.2) is 37.5 Å². The van der Waals surface area contributed by atoms with E-state index in [1.54, 1.807) is 13.2 Å². The van der Waals surface area contributed by atoms with E-state index in [4.69, 9.17) is 9.47 Å². The Morgan fingerprint density at radius 2 is 2.14 bits per heavy atom. The number of hydrogen-bond acceptors (Lipinski definition) is 4. The Morgan fingerprint density at radius 1 is 1.36 bits per heavy atom. The molecule has 1 aromatic heterocycles. The Balaban J connectivity index is 1.77. The number of aromatic nitrogens is 1. The summed E-state index contributed by atoms with van der Waals surface area (Å²) in [5, 5.41) is 4.20. The third kappa shape index (κ3) is 3.24. The van der Waals surface area contributed by atoms with Crippen molar-refractivity contribution in [3.8, 4) is 0 Å². The van der Waals surface area contributed by atoms with Gasteiger partial charge in [0.2, 0.25) is 0 Å². The van der Waals surface area contributed by atoms with Crippen LogP contribution in [0.25, 0.3) is 10.9 Å². The summed E-state index contributed by atoms with van der Waals surface area (Å²) < 4.78 is 25.2. The normalized spacial score (nSPS) is 17.6. The number of pyridine rings is 1. The van der Waals surface area contributed by atoms with Crippen LogP contribution in [0.5, 0.6) is 0 Å². The molecule has 0 atom stereocenters. The molecule has 0 unspecified atom stereocenters. The molecule has 0 saturated carbocycles. The monoisotopic (exact) mass is 368 g/mol. The average molecular weight is 369 g/mol. The lowest BCUT2D eigenvalue weighted by Crippen LogP contribution is -2.44. The van der Waals surface area contributed by atoms with Crippen molar-refractivity contribution in [3.05, 3.63) is 34.6 Å². The molecule has 0 amide bonds. The van der Waals surface area contributed by atoms with E-state index in [9.17, 15) is 4.39 Å². The molecule has 1 aliphatic heterocycles. The van der Waals surface area contributed by atoms with Crippen LogP contribution in [0.4, 0.5) is 10.2 Å². The fraction of sp³-hybridized carbons (Fsp3) is 0.438. The Labute approximate surface area is 137 Å². The minimum absolute atomic E-state index is 0.222. The van der Waals surface area contributed by atoms with Crippen molar-refractivity contribution < 1.29 is 13.9 Å². The highest BCUT2D eigenvalue weighted by atomic mass is 79.9. The van der Waals surface area contributed by atoms with Crippen LogP contribution in [0.1, 0.15) is 12.8 Å². The largest absolute Gasteiger partial charge is 0.381 e. The average Bonchev–Trinajstić information content (AvgIpc) is 2.55. The van der Waals surface area contributed by atoms with Crippen molar-refractivity contribution >= 4 is 32.7 Å². The molecule has 0 spiro atoms. The van der Waals surface area contributed by atoms with Gasteiger partial charge in [0.15, 0.2) is 0 Å². The molecule has 1 fully saturated rings. The van der Waals surface area contributed by atoms with E-state index >= 15 is 0 Å². The molecule has 1 aliphatic rings. The van der Waals surface area contributed by atoms with Crippen LogP contribution >= 0.6 is 15.9 Å². The molecule has 3 rings (SSSR count). The second-order valence-electron chi connectivity index (χ2n) is 5.51. The topological polar surface area (TPSA) is 43.4 Å². The van der Waals surface area contributed by atoms with Gasteiger partial charge in [-0.2, -0.15) is 0 Å². The maximum absolute atomic E-state index is 13.6. The minimum atomic E-state index is -0.310. The van der Waals surface area contributed by atoms with Gasteiger partial charge in [-0.05, 0) is 34.1 Å². The fourth-order valence-corrected chi connectivity index (χ4v) is 3.03. The highest BCUT2D eigenvalue weighted by molar-refractivity contribution is 9.10. The van der Waals surface area contributed by atoms with Crippen LogP contribution in [0.3, 0.4) is 0 Å². The molecule has 1 aromatic carbocycles. The zero-order chi connectivity index (χ0) is 15.6. The molecule has 0 aliphatic carbocycles. The second-order valence-corrected chi connectivity index (χ2v) is 6.36. The summed E-state index contributed by atoms with van der Waals surface area (Å²) in [5.74, 6) is 0.409. The number of nitrogens with zero attached hydrogens (tertiary/aromatic N) is 1. The molecule has 118 valence electrons. The lowest BCUT2D eigenvalue weighted by molar-refractivity contribution is -0.0807. The van der Waals surface area contributed by atoms with Crippen LogP contribution in [-0.2, 0) is 9.47 Å². The number of benzene rings is 1. The second kappa shape index (κ2) is 6.48. The molecule has 0 radical (unpaired) electrons. The summed E-state index contributed by atoms with van der Waals surface area (Å²) in [6, 6.07) is 7.00. The smallest absolute Gasteiger partial charge is 0.139 e.